The number of halogens is 3. The molecule has 1 amide bonds. The molecule has 0 saturated heterocycles. The molecule has 0 bridgehead atoms. The fourth-order valence-corrected chi connectivity index (χ4v) is 1.30. The lowest BCUT2D eigenvalue weighted by Crippen LogP contribution is -2.41. The summed E-state index contributed by atoms with van der Waals surface area (Å²) in [6.45, 7) is 3.38. The molecule has 0 heterocycles. The van der Waals surface area contributed by atoms with E-state index in [2.05, 4.69) is 6.58 Å². The maximum absolute atomic E-state index is 11.8. The Balaban J connectivity index is 4.12. The van der Waals surface area contributed by atoms with E-state index in [1.165, 1.54) is 6.08 Å². The number of amides is 1. The van der Waals surface area contributed by atoms with Crippen LogP contribution in [-0.4, -0.2) is 34.3 Å². The third-order valence-electron chi connectivity index (χ3n) is 1.66. The average Bonchev–Trinajstić information content (AvgIpc) is 2.19. The molecule has 0 radical (unpaired) electrons. The van der Waals surface area contributed by atoms with Crippen LogP contribution in [0.1, 0.15) is 12.8 Å². The zero-order chi connectivity index (χ0) is 13.5. The molecule has 0 aromatic carbocycles. The van der Waals surface area contributed by atoms with Crippen molar-refractivity contribution in [1.82, 2.24) is 5.32 Å². The average molecular weight is 271 g/mol. The van der Waals surface area contributed by atoms with Crippen molar-refractivity contribution in [1.29, 1.82) is 0 Å². The Kier molecular flexibility index (Phi) is 6.71. The SMILES string of the molecule is C=CCCC(NC(=O)CSC(F)(F)F)C(=O)O. The lowest BCUT2D eigenvalue weighted by molar-refractivity contribution is -0.141. The van der Waals surface area contributed by atoms with E-state index in [-0.39, 0.29) is 6.42 Å². The van der Waals surface area contributed by atoms with Crippen molar-refractivity contribution >= 4 is 23.6 Å². The highest BCUT2D eigenvalue weighted by Crippen LogP contribution is 2.29. The van der Waals surface area contributed by atoms with Gasteiger partial charge in [0.25, 0.3) is 0 Å². The van der Waals surface area contributed by atoms with Gasteiger partial charge >= 0.3 is 11.5 Å². The highest BCUT2D eigenvalue weighted by molar-refractivity contribution is 8.00. The number of allylic oxidation sites excluding steroid dienone is 1. The number of carbonyl (C=O) groups is 2. The van der Waals surface area contributed by atoms with Gasteiger partial charge in [0.15, 0.2) is 0 Å². The van der Waals surface area contributed by atoms with Gasteiger partial charge in [-0.05, 0) is 24.6 Å². The molecule has 0 aliphatic heterocycles. The summed E-state index contributed by atoms with van der Waals surface area (Å²) in [6, 6.07) is -1.19. The summed E-state index contributed by atoms with van der Waals surface area (Å²) in [7, 11) is 0. The first-order valence-corrected chi connectivity index (χ1v) is 5.58. The van der Waals surface area contributed by atoms with Gasteiger partial charge < -0.3 is 10.4 Å². The highest BCUT2D eigenvalue weighted by atomic mass is 32.2. The van der Waals surface area contributed by atoms with Crippen molar-refractivity contribution in [2.45, 2.75) is 24.4 Å². The van der Waals surface area contributed by atoms with Gasteiger partial charge in [-0.2, -0.15) is 13.2 Å². The lowest BCUT2D eigenvalue weighted by Gasteiger charge is -2.13. The van der Waals surface area contributed by atoms with Crippen molar-refractivity contribution in [3.8, 4) is 0 Å². The van der Waals surface area contributed by atoms with Crippen LogP contribution < -0.4 is 5.32 Å². The molecule has 0 saturated carbocycles. The monoisotopic (exact) mass is 271 g/mol. The van der Waals surface area contributed by atoms with E-state index >= 15 is 0 Å². The summed E-state index contributed by atoms with van der Waals surface area (Å²) < 4.78 is 35.3. The molecule has 0 rings (SSSR count). The molecular formula is C9H12F3NO3S. The van der Waals surface area contributed by atoms with Crippen LogP contribution in [0.3, 0.4) is 0 Å². The summed E-state index contributed by atoms with van der Waals surface area (Å²) in [4.78, 5) is 21.7. The van der Waals surface area contributed by atoms with Crippen LogP contribution in [-0.2, 0) is 9.59 Å². The van der Waals surface area contributed by atoms with Crippen LogP contribution in [0.2, 0.25) is 0 Å². The summed E-state index contributed by atoms with van der Waals surface area (Å²) >= 11 is -0.506. The normalized spacial score (nSPS) is 12.9. The number of hydrogen-bond acceptors (Lipinski definition) is 3. The van der Waals surface area contributed by atoms with Crippen LogP contribution in [0, 0.1) is 0 Å². The number of alkyl halides is 3. The molecule has 0 aromatic rings. The summed E-state index contributed by atoms with van der Waals surface area (Å²) in [6.07, 6.45) is 1.91. The van der Waals surface area contributed by atoms with E-state index in [1.54, 1.807) is 0 Å². The van der Waals surface area contributed by atoms with Crippen LogP contribution in [0.15, 0.2) is 12.7 Å². The summed E-state index contributed by atoms with van der Waals surface area (Å²) in [5.41, 5.74) is -4.50. The third-order valence-corrected chi connectivity index (χ3v) is 2.39. The Morgan fingerprint density at radius 2 is 2.06 bits per heavy atom. The zero-order valence-electron chi connectivity index (χ0n) is 8.79. The second-order valence-electron chi connectivity index (χ2n) is 3.06. The van der Waals surface area contributed by atoms with Gasteiger partial charge in [0.1, 0.15) is 6.04 Å². The maximum atomic E-state index is 11.8. The minimum absolute atomic E-state index is 0.0985. The third kappa shape index (κ3) is 8.61. The first kappa shape index (κ1) is 15.8. The van der Waals surface area contributed by atoms with Crippen LogP contribution >= 0.6 is 11.8 Å². The molecule has 0 aromatic heterocycles. The Morgan fingerprint density at radius 3 is 2.47 bits per heavy atom. The van der Waals surface area contributed by atoms with Gasteiger partial charge in [-0.1, -0.05) is 6.08 Å². The van der Waals surface area contributed by atoms with E-state index in [0.717, 1.165) is 0 Å². The fraction of sp³-hybridized carbons (Fsp3) is 0.556. The smallest absolute Gasteiger partial charge is 0.442 e. The standard InChI is InChI=1S/C9H12F3NO3S/c1-2-3-4-6(8(15)16)13-7(14)5-17-9(10,11)12/h2,6H,1,3-5H2,(H,13,14)(H,15,16). The van der Waals surface area contributed by atoms with Gasteiger partial charge in [0, 0.05) is 0 Å². The number of hydrogen-bond donors (Lipinski definition) is 2. The number of rotatable bonds is 7. The van der Waals surface area contributed by atoms with Crippen molar-refractivity contribution in [3.63, 3.8) is 0 Å². The minimum Gasteiger partial charge on any atom is -0.480 e. The zero-order valence-corrected chi connectivity index (χ0v) is 9.61. The predicted octanol–water partition coefficient (Wildman–Crippen LogP) is 1.77. The summed E-state index contributed by atoms with van der Waals surface area (Å²) in [5, 5.41) is 10.7. The first-order valence-electron chi connectivity index (χ1n) is 4.60. The minimum atomic E-state index is -4.50. The molecule has 0 aliphatic rings. The number of carbonyl (C=O) groups excluding carboxylic acids is 1. The summed E-state index contributed by atoms with van der Waals surface area (Å²) in [5.74, 6) is -3.08. The molecule has 98 valence electrons. The van der Waals surface area contributed by atoms with Crippen LogP contribution in [0.4, 0.5) is 13.2 Å². The van der Waals surface area contributed by atoms with Crippen LogP contribution in [0.25, 0.3) is 0 Å². The topological polar surface area (TPSA) is 66.4 Å². The largest absolute Gasteiger partial charge is 0.480 e. The quantitative estimate of drug-likeness (QED) is 0.693. The molecule has 2 N–H and O–H groups in total. The van der Waals surface area contributed by atoms with Gasteiger partial charge in [0.2, 0.25) is 5.91 Å². The Hall–Kier alpha value is -1.18. The molecular weight excluding hydrogens is 259 g/mol. The maximum Gasteiger partial charge on any atom is 0.442 e. The molecule has 8 heteroatoms. The lowest BCUT2D eigenvalue weighted by atomic mass is 10.1. The fourth-order valence-electron chi connectivity index (χ4n) is 0.925. The van der Waals surface area contributed by atoms with Gasteiger partial charge in [-0.25, -0.2) is 4.79 Å². The van der Waals surface area contributed by atoms with E-state index in [9.17, 15) is 22.8 Å². The number of carboxylic acids is 1. The molecule has 1 atom stereocenters. The Bertz CT molecular complexity index is 294. The molecule has 4 nitrogen and oxygen atoms in total. The number of carboxylic acid groups (broad SMARTS) is 1. The molecule has 0 aliphatic carbocycles. The van der Waals surface area contributed by atoms with E-state index in [4.69, 9.17) is 5.11 Å². The number of thioether (sulfide) groups is 1. The highest BCUT2D eigenvalue weighted by Gasteiger charge is 2.30. The van der Waals surface area contributed by atoms with E-state index in [0.29, 0.717) is 6.42 Å². The second-order valence-corrected chi connectivity index (χ2v) is 4.10. The van der Waals surface area contributed by atoms with Crippen molar-refractivity contribution < 1.29 is 27.9 Å². The van der Waals surface area contributed by atoms with Crippen molar-refractivity contribution in [3.05, 3.63) is 12.7 Å². The molecule has 1 unspecified atom stereocenters. The predicted molar refractivity (Wildman–Crippen MR) is 57.5 cm³/mol. The second kappa shape index (κ2) is 7.21. The van der Waals surface area contributed by atoms with E-state index < -0.39 is 40.9 Å². The van der Waals surface area contributed by atoms with E-state index in [1.807, 2.05) is 5.32 Å². The number of nitrogens with one attached hydrogen (secondary N) is 1. The van der Waals surface area contributed by atoms with Gasteiger partial charge in [0.05, 0.1) is 5.75 Å². The Labute approximate surface area is 100 Å². The van der Waals surface area contributed by atoms with Crippen LogP contribution in [0.5, 0.6) is 0 Å². The number of aliphatic carboxylic acids is 1. The Morgan fingerprint density at radius 1 is 1.47 bits per heavy atom. The first-order chi connectivity index (χ1) is 7.76. The van der Waals surface area contributed by atoms with Gasteiger partial charge in [-0.3, -0.25) is 4.79 Å². The van der Waals surface area contributed by atoms with Gasteiger partial charge in [-0.15, -0.1) is 6.58 Å². The molecule has 0 spiro atoms. The molecule has 0 fully saturated rings. The van der Waals surface area contributed by atoms with Crippen molar-refractivity contribution in [2.75, 3.05) is 5.75 Å². The van der Waals surface area contributed by atoms with Crippen molar-refractivity contribution in [2.24, 2.45) is 0 Å². The molecule has 17 heavy (non-hydrogen) atoms.